The first kappa shape index (κ1) is 14.7. The largest absolute Gasteiger partial charge is 0.427 e. The average Bonchev–Trinajstić information content (AvgIpc) is 1.77. The van der Waals surface area contributed by atoms with E-state index in [9.17, 15) is 38.0 Å². The van der Waals surface area contributed by atoms with Crippen LogP contribution in [-0.4, -0.2) is 18.0 Å². The summed E-state index contributed by atoms with van der Waals surface area (Å²) in [5.74, 6) is 0. The summed E-state index contributed by atoms with van der Waals surface area (Å²) in [6.45, 7) is -0.715. The van der Waals surface area contributed by atoms with Gasteiger partial charge in [0.1, 0.15) is 0 Å². The van der Waals surface area contributed by atoms with Crippen molar-refractivity contribution in [3.8, 4) is 0 Å². The topological polar surface area (TPSA) is 9.23 Å². The van der Waals surface area contributed by atoms with Crippen LogP contribution >= 0.6 is 11.5 Å². The fourth-order valence-electron chi connectivity index (χ4n) is 0.444. The van der Waals surface area contributed by atoms with Crippen LogP contribution in [0.25, 0.3) is 0 Å². The molecule has 94 valence electrons. The lowest BCUT2D eigenvalue weighted by Crippen LogP contribution is -2.55. The van der Waals surface area contributed by atoms with Gasteiger partial charge in [-0.1, -0.05) is 11.7 Å². The SMILES string of the molecule is CC(OS(F)(F)F)(C(F)(F)F)C(F)(F)F. The number of hydrogen-bond acceptors (Lipinski definition) is 1. The molecule has 0 aliphatic rings. The van der Waals surface area contributed by atoms with Crippen LogP contribution in [0, 0.1) is 0 Å². The van der Waals surface area contributed by atoms with Crippen molar-refractivity contribution >= 4 is 11.5 Å². The number of alkyl halides is 6. The summed E-state index contributed by atoms with van der Waals surface area (Å²) in [6.07, 6.45) is -12.4. The minimum Gasteiger partial charge on any atom is -0.235 e. The molecule has 0 aliphatic heterocycles. The fraction of sp³-hybridized carbons (Fsp3) is 1.00. The smallest absolute Gasteiger partial charge is 0.235 e. The molecule has 0 aliphatic carbocycles. The zero-order valence-electron chi connectivity index (χ0n) is 6.72. The second-order valence-electron chi connectivity index (χ2n) is 2.48. The lowest BCUT2D eigenvalue weighted by molar-refractivity contribution is -0.351. The molecule has 0 saturated heterocycles. The van der Waals surface area contributed by atoms with Crippen molar-refractivity contribution < 1.29 is 42.2 Å². The van der Waals surface area contributed by atoms with Crippen LogP contribution in [0.2, 0.25) is 0 Å². The van der Waals surface area contributed by atoms with E-state index in [1.807, 2.05) is 0 Å². The normalized spacial score (nSPS) is 16.7. The minimum atomic E-state index is -6.89. The molecular weight excluding hydrogens is 267 g/mol. The Morgan fingerprint density at radius 2 is 1.07 bits per heavy atom. The molecule has 0 aromatic rings. The molecule has 0 aromatic carbocycles. The second kappa shape index (κ2) is 3.61. The molecule has 0 unspecified atom stereocenters. The zero-order valence-corrected chi connectivity index (χ0v) is 7.53. The lowest BCUT2D eigenvalue weighted by atomic mass is 10.1. The minimum absolute atomic E-state index is 0.715. The molecule has 0 rings (SSSR count). The molecule has 0 heterocycles. The van der Waals surface area contributed by atoms with Crippen LogP contribution in [0.15, 0.2) is 0 Å². The van der Waals surface area contributed by atoms with Crippen LogP contribution < -0.4 is 0 Å². The van der Waals surface area contributed by atoms with E-state index in [4.69, 9.17) is 0 Å². The Balaban J connectivity index is 5.26. The Morgan fingerprint density at radius 1 is 0.800 bits per heavy atom. The molecular formula is C4H3F9OS. The highest BCUT2D eigenvalue weighted by Crippen LogP contribution is 2.62. The number of hydrogen-bond donors (Lipinski definition) is 0. The summed E-state index contributed by atoms with van der Waals surface area (Å²) in [5.41, 5.74) is -5.23. The Hall–Kier alpha value is -0.320. The molecule has 0 atom stereocenters. The van der Waals surface area contributed by atoms with Crippen LogP contribution in [-0.2, 0) is 4.18 Å². The van der Waals surface area contributed by atoms with Gasteiger partial charge in [0.05, 0.1) is 0 Å². The van der Waals surface area contributed by atoms with Gasteiger partial charge in [0, 0.05) is 0 Å². The van der Waals surface area contributed by atoms with Gasteiger partial charge in [-0.25, -0.2) is 4.18 Å². The maximum Gasteiger partial charge on any atom is 0.427 e. The van der Waals surface area contributed by atoms with E-state index in [-0.39, 0.29) is 0 Å². The standard InChI is InChI=1S/C4H3F9OS/c1-2(3(5,6)7,4(8,9)10)14-15(11,12)13/h1H3. The summed E-state index contributed by atoms with van der Waals surface area (Å²) in [4.78, 5) is 0. The highest BCUT2D eigenvalue weighted by atomic mass is 32.4. The van der Waals surface area contributed by atoms with Gasteiger partial charge < -0.3 is 0 Å². The third-order valence-corrected chi connectivity index (χ3v) is 1.87. The van der Waals surface area contributed by atoms with Crippen LogP contribution in [0.3, 0.4) is 0 Å². The lowest BCUT2D eigenvalue weighted by Gasteiger charge is -2.34. The fourth-order valence-corrected chi connectivity index (χ4v) is 1.01. The maximum absolute atomic E-state index is 11.8. The van der Waals surface area contributed by atoms with Crippen LogP contribution in [0.5, 0.6) is 0 Å². The van der Waals surface area contributed by atoms with Crippen molar-refractivity contribution in [2.45, 2.75) is 24.9 Å². The molecule has 0 fully saturated rings. The van der Waals surface area contributed by atoms with Crippen LogP contribution in [0.1, 0.15) is 6.92 Å². The third-order valence-electron chi connectivity index (χ3n) is 1.34. The molecule has 11 heteroatoms. The molecule has 1 nitrogen and oxygen atoms in total. The first-order chi connectivity index (χ1) is 6.21. The van der Waals surface area contributed by atoms with Crippen molar-refractivity contribution in [3.05, 3.63) is 0 Å². The van der Waals surface area contributed by atoms with Gasteiger partial charge >= 0.3 is 23.8 Å². The Morgan fingerprint density at radius 3 is 1.13 bits per heavy atom. The molecule has 0 aromatic heterocycles. The van der Waals surface area contributed by atoms with Crippen molar-refractivity contribution in [1.82, 2.24) is 0 Å². The predicted octanol–water partition coefficient (Wildman–Crippen LogP) is 4.26. The van der Waals surface area contributed by atoms with E-state index in [1.165, 1.54) is 0 Å². The van der Waals surface area contributed by atoms with Gasteiger partial charge in [-0.3, -0.25) is 0 Å². The molecule has 0 radical (unpaired) electrons. The van der Waals surface area contributed by atoms with E-state index in [0.717, 1.165) is 0 Å². The third kappa shape index (κ3) is 3.33. The summed E-state index contributed by atoms with van der Waals surface area (Å²) in [7, 11) is 0. The van der Waals surface area contributed by atoms with E-state index in [1.54, 1.807) is 0 Å². The molecule has 0 spiro atoms. The monoisotopic (exact) mass is 270 g/mol. The Labute approximate surface area is 79.6 Å². The van der Waals surface area contributed by atoms with Crippen LogP contribution in [0.4, 0.5) is 38.0 Å². The highest BCUT2D eigenvalue weighted by Gasteiger charge is 2.72. The molecule has 0 saturated carbocycles. The zero-order chi connectivity index (χ0) is 12.7. The predicted molar refractivity (Wildman–Crippen MR) is 32.5 cm³/mol. The number of rotatable bonds is 2. The first-order valence-electron chi connectivity index (χ1n) is 2.97. The van der Waals surface area contributed by atoms with Crippen molar-refractivity contribution in [2.24, 2.45) is 0 Å². The van der Waals surface area contributed by atoms with E-state index in [2.05, 4.69) is 4.18 Å². The summed E-state index contributed by atoms with van der Waals surface area (Å²) >= 11 is -6.89. The average molecular weight is 270 g/mol. The summed E-state index contributed by atoms with van der Waals surface area (Å²) in [6, 6.07) is 0. The molecule has 0 bridgehead atoms. The van der Waals surface area contributed by atoms with E-state index < -0.39 is 36.3 Å². The van der Waals surface area contributed by atoms with Gasteiger partial charge in [0.2, 0.25) is 0 Å². The molecule has 0 N–H and O–H groups in total. The summed E-state index contributed by atoms with van der Waals surface area (Å²) in [5, 5.41) is 0. The molecule has 0 amide bonds. The second-order valence-corrected chi connectivity index (χ2v) is 3.37. The van der Waals surface area contributed by atoms with Crippen molar-refractivity contribution in [1.29, 1.82) is 0 Å². The number of halogens is 9. The Bertz CT molecular complexity index is 210. The summed E-state index contributed by atoms with van der Waals surface area (Å²) < 4.78 is 107. The van der Waals surface area contributed by atoms with E-state index >= 15 is 0 Å². The van der Waals surface area contributed by atoms with Gasteiger partial charge in [0.15, 0.2) is 0 Å². The quantitative estimate of drug-likeness (QED) is 0.681. The van der Waals surface area contributed by atoms with Gasteiger partial charge in [-0.2, -0.15) is 26.3 Å². The first-order valence-corrected chi connectivity index (χ1v) is 4.23. The van der Waals surface area contributed by atoms with Crippen molar-refractivity contribution in [2.75, 3.05) is 0 Å². The van der Waals surface area contributed by atoms with Crippen molar-refractivity contribution in [3.63, 3.8) is 0 Å². The highest BCUT2D eigenvalue weighted by molar-refractivity contribution is 8.16. The molecule has 15 heavy (non-hydrogen) atoms. The maximum atomic E-state index is 11.8. The van der Waals surface area contributed by atoms with Gasteiger partial charge in [-0.15, -0.1) is 0 Å². The van der Waals surface area contributed by atoms with Gasteiger partial charge in [0.25, 0.3) is 5.60 Å². The Kier molecular flexibility index (Phi) is 3.53. The van der Waals surface area contributed by atoms with Gasteiger partial charge in [-0.05, 0) is 6.92 Å². The van der Waals surface area contributed by atoms with E-state index in [0.29, 0.717) is 0 Å².